The number of urea groups is 1. The molecule has 1 atom stereocenters. The van der Waals surface area contributed by atoms with Crippen LogP contribution in [0.5, 0.6) is 0 Å². The first-order valence-electron chi connectivity index (χ1n) is 8.90. The molecule has 0 radical (unpaired) electrons. The lowest BCUT2D eigenvalue weighted by Crippen LogP contribution is -2.43. The Bertz CT molecular complexity index is 1060. The van der Waals surface area contributed by atoms with Gasteiger partial charge in [0, 0.05) is 4.88 Å². The molecule has 1 aromatic heterocycles. The van der Waals surface area contributed by atoms with Gasteiger partial charge in [-0.1, -0.05) is 48.5 Å². The Balaban J connectivity index is 1.55. The molecule has 142 valence electrons. The predicted octanol–water partition coefficient (Wildman–Crippen LogP) is 2.98. The van der Waals surface area contributed by atoms with Crippen LogP contribution in [0.3, 0.4) is 0 Å². The molecule has 3 aromatic rings. The minimum atomic E-state index is -1.22. The Hall–Kier alpha value is -3.19. The molecule has 1 saturated heterocycles. The molecule has 0 aliphatic carbocycles. The first-order valence-corrected chi connectivity index (χ1v) is 9.78. The highest BCUT2D eigenvalue weighted by molar-refractivity contribution is 7.09. The number of thiophene rings is 1. The average Bonchev–Trinajstić information content (AvgIpc) is 3.29. The van der Waals surface area contributed by atoms with E-state index in [2.05, 4.69) is 10.6 Å². The summed E-state index contributed by atoms with van der Waals surface area (Å²) in [5, 5.41) is 9.32. The lowest BCUT2D eigenvalue weighted by atomic mass is 9.88. The molecular weight excluding hydrogens is 374 g/mol. The summed E-state index contributed by atoms with van der Waals surface area (Å²) in [4.78, 5) is 39.9. The minimum absolute atomic E-state index is 0.309. The number of benzene rings is 2. The molecular formula is C21H19N3O3S. The summed E-state index contributed by atoms with van der Waals surface area (Å²) in [6.45, 7) is 1.75. The van der Waals surface area contributed by atoms with Crippen molar-refractivity contribution in [2.24, 2.45) is 0 Å². The van der Waals surface area contributed by atoms with Crippen molar-refractivity contribution in [2.75, 3.05) is 6.54 Å². The van der Waals surface area contributed by atoms with E-state index in [1.807, 2.05) is 60.0 Å². The monoisotopic (exact) mass is 393 g/mol. The van der Waals surface area contributed by atoms with Crippen LogP contribution in [0.1, 0.15) is 17.4 Å². The van der Waals surface area contributed by atoms with E-state index >= 15 is 0 Å². The fraction of sp³-hybridized carbons (Fsp3) is 0.190. The number of nitrogens with one attached hydrogen (secondary N) is 2. The van der Waals surface area contributed by atoms with Crippen molar-refractivity contribution in [3.05, 3.63) is 70.4 Å². The molecule has 0 unspecified atom stereocenters. The summed E-state index contributed by atoms with van der Waals surface area (Å²) in [6, 6.07) is 16.6. The number of imide groups is 1. The normalized spacial score (nSPS) is 19.1. The van der Waals surface area contributed by atoms with Crippen LogP contribution in [0.2, 0.25) is 0 Å². The standard InChI is InChI=1S/C21H19N3O3S/c1-21(17-10-4-7-14-6-2-3-9-16(14)17)19(26)24(20(27)23-21)13-18(25)22-12-15-8-5-11-28-15/h2-11H,12-13H2,1H3,(H,22,25)(H,23,27)/t21-/m1/s1. The third-order valence-corrected chi connectivity index (χ3v) is 5.82. The zero-order chi connectivity index (χ0) is 19.7. The molecule has 4 amide bonds. The number of fused-ring (bicyclic) bond motifs is 1. The molecule has 4 rings (SSSR count). The highest BCUT2D eigenvalue weighted by Crippen LogP contribution is 2.33. The van der Waals surface area contributed by atoms with Gasteiger partial charge < -0.3 is 10.6 Å². The Morgan fingerprint density at radius 1 is 1.11 bits per heavy atom. The summed E-state index contributed by atoms with van der Waals surface area (Å²) in [5.41, 5.74) is -0.503. The molecule has 7 heteroatoms. The Labute approximate surface area is 166 Å². The SMILES string of the molecule is C[C@]1(c2cccc3ccccc23)NC(=O)N(CC(=O)NCc2cccs2)C1=O. The second-order valence-corrected chi connectivity index (χ2v) is 7.86. The zero-order valence-electron chi connectivity index (χ0n) is 15.3. The number of amides is 4. The van der Waals surface area contributed by atoms with Crippen molar-refractivity contribution in [3.8, 4) is 0 Å². The number of rotatable bonds is 5. The van der Waals surface area contributed by atoms with E-state index in [9.17, 15) is 14.4 Å². The van der Waals surface area contributed by atoms with Gasteiger partial charge in [-0.05, 0) is 34.7 Å². The van der Waals surface area contributed by atoms with E-state index in [4.69, 9.17) is 0 Å². The number of hydrogen-bond acceptors (Lipinski definition) is 4. The zero-order valence-corrected chi connectivity index (χ0v) is 16.1. The molecule has 28 heavy (non-hydrogen) atoms. The molecule has 6 nitrogen and oxygen atoms in total. The number of carbonyl (C=O) groups excluding carboxylic acids is 3. The summed E-state index contributed by atoms with van der Waals surface area (Å²) in [5.74, 6) is -0.806. The maximum atomic E-state index is 13.1. The summed E-state index contributed by atoms with van der Waals surface area (Å²) < 4.78 is 0. The second kappa shape index (κ2) is 7.09. The van der Waals surface area contributed by atoms with E-state index < -0.39 is 17.5 Å². The van der Waals surface area contributed by atoms with Crippen LogP contribution >= 0.6 is 11.3 Å². The van der Waals surface area contributed by atoms with Crippen LogP contribution in [0, 0.1) is 0 Å². The molecule has 0 saturated carbocycles. The maximum Gasteiger partial charge on any atom is 0.325 e. The van der Waals surface area contributed by atoms with Crippen LogP contribution in [0.4, 0.5) is 4.79 Å². The molecule has 2 heterocycles. The van der Waals surface area contributed by atoms with E-state index in [1.54, 1.807) is 6.92 Å². The third-order valence-electron chi connectivity index (χ3n) is 4.94. The first kappa shape index (κ1) is 18.2. The largest absolute Gasteiger partial charge is 0.350 e. The quantitative estimate of drug-likeness (QED) is 0.654. The Kier molecular flexibility index (Phi) is 4.60. The van der Waals surface area contributed by atoms with Crippen molar-refractivity contribution in [1.82, 2.24) is 15.5 Å². The molecule has 1 aliphatic rings. The van der Waals surface area contributed by atoms with Gasteiger partial charge >= 0.3 is 6.03 Å². The summed E-state index contributed by atoms with van der Waals surface area (Å²) in [6.07, 6.45) is 0. The minimum Gasteiger partial charge on any atom is -0.350 e. The van der Waals surface area contributed by atoms with E-state index in [-0.39, 0.29) is 12.5 Å². The Morgan fingerprint density at radius 3 is 2.68 bits per heavy atom. The van der Waals surface area contributed by atoms with Gasteiger partial charge in [-0.15, -0.1) is 11.3 Å². The number of carbonyl (C=O) groups is 3. The van der Waals surface area contributed by atoms with E-state index in [0.29, 0.717) is 12.1 Å². The van der Waals surface area contributed by atoms with Gasteiger partial charge in [-0.2, -0.15) is 0 Å². The number of hydrogen-bond donors (Lipinski definition) is 2. The topological polar surface area (TPSA) is 78.5 Å². The fourth-order valence-electron chi connectivity index (χ4n) is 3.48. The van der Waals surface area contributed by atoms with Crippen LogP contribution in [0.25, 0.3) is 10.8 Å². The molecule has 1 aliphatic heterocycles. The van der Waals surface area contributed by atoms with Crippen LogP contribution < -0.4 is 10.6 Å². The first-order chi connectivity index (χ1) is 13.5. The van der Waals surface area contributed by atoms with Crippen molar-refractivity contribution in [1.29, 1.82) is 0 Å². The van der Waals surface area contributed by atoms with E-state index in [0.717, 1.165) is 20.5 Å². The molecule has 2 aromatic carbocycles. The van der Waals surface area contributed by atoms with Crippen molar-refractivity contribution in [2.45, 2.75) is 19.0 Å². The fourth-order valence-corrected chi connectivity index (χ4v) is 4.13. The van der Waals surface area contributed by atoms with Crippen molar-refractivity contribution in [3.63, 3.8) is 0 Å². The second-order valence-electron chi connectivity index (χ2n) is 6.83. The van der Waals surface area contributed by atoms with Gasteiger partial charge in [0.15, 0.2) is 0 Å². The maximum absolute atomic E-state index is 13.1. The summed E-state index contributed by atoms with van der Waals surface area (Å²) >= 11 is 1.53. The summed E-state index contributed by atoms with van der Waals surface area (Å²) in [7, 11) is 0. The van der Waals surface area contributed by atoms with Crippen molar-refractivity contribution < 1.29 is 14.4 Å². The van der Waals surface area contributed by atoms with Gasteiger partial charge in [0.25, 0.3) is 5.91 Å². The highest BCUT2D eigenvalue weighted by atomic mass is 32.1. The molecule has 0 spiro atoms. The third kappa shape index (κ3) is 3.14. The van der Waals surface area contributed by atoms with Crippen LogP contribution in [-0.2, 0) is 21.7 Å². The smallest absolute Gasteiger partial charge is 0.325 e. The van der Waals surface area contributed by atoms with Crippen molar-refractivity contribution >= 4 is 40.0 Å². The van der Waals surface area contributed by atoms with Gasteiger partial charge in [0.2, 0.25) is 5.91 Å². The lowest BCUT2D eigenvalue weighted by molar-refractivity contribution is -0.134. The molecule has 2 N–H and O–H groups in total. The predicted molar refractivity (Wildman–Crippen MR) is 108 cm³/mol. The van der Waals surface area contributed by atoms with E-state index in [1.165, 1.54) is 11.3 Å². The van der Waals surface area contributed by atoms with Gasteiger partial charge in [0.1, 0.15) is 12.1 Å². The van der Waals surface area contributed by atoms with Crippen LogP contribution in [-0.4, -0.2) is 29.3 Å². The lowest BCUT2D eigenvalue weighted by Gasteiger charge is -2.24. The average molecular weight is 393 g/mol. The van der Waals surface area contributed by atoms with Gasteiger partial charge in [-0.3, -0.25) is 14.5 Å². The van der Waals surface area contributed by atoms with Gasteiger partial charge in [-0.25, -0.2) is 4.79 Å². The van der Waals surface area contributed by atoms with Gasteiger partial charge in [0.05, 0.1) is 6.54 Å². The number of nitrogens with zero attached hydrogens (tertiary/aromatic N) is 1. The highest BCUT2D eigenvalue weighted by Gasteiger charge is 2.50. The Morgan fingerprint density at radius 2 is 1.89 bits per heavy atom. The molecule has 0 bridgehead atoms. The molecule has 1 fully saturated rings. The van der Waals surface area contributed by atoms with Crippen LogP contribution in [0.15, 0.2) is 60.0 Å².